The molecule has 6 aliphatic rings. The van der Waals surface area contributed by atoms with Gasteiger partial charge in [0.25, 0.3) is 0 Å². The van der Waals surface area contributed by atoms with Crippen molar-refractivity contribution in [3.63, 3.8) is 0 Å². The molecule has 1 saturated heterocycles. The first kappa shape index (κ1) is 35.5. The van der Waals surface area contributed by atoms with Crippen molar-refractivity contribution in [1.29, 1.82) is 0 Å². The van der Waals surface area contributed by atoms with Gasteiger partial charge in [0, 0.05) is 60.7 Å². The van der Waals surface area contributed by atoms with E-state index in [-0.39, 0.29) is 27.7 Å². The summed E-state index contributed by atoms with van der Waals surface area (Å²) in [6.07, 6.45) is 15.8. The molecular formula is C30H60O10Si5. The van der Waals surface area contributed by atoms with Gasteiger partial charge in [0.2, 0.25) is 0 Å². The van der Waals surface area contributed by atoms with Crippen LogP contribution in [0.15, 0.2) is 0 Å². The SMILES string of the molecule is CCO[Si]1(C2CCC2)O[Si](OCC)(C2CCC2)O[Si](OCC)(C2CCC2)O[Si](OCC)(C2CCC2)O[Si](OCC)(C2CCC2)O1. The van der Waals surface area contributed by atoms with Gasteiger partial charge in [-0.05, 0) is 98.8 Å². The lowest BCUT2D eigenvalue weighted by Crippen LogP contribution is -2.78. The Hall–Kier alpha value is 0.684. The standard InChI is InChI=1S/C30H60O10Si5/c1-6-31-41(26-16-11-17-26)36-42(32-7-2,27-18-12-19-27)38-44(34-9-4,29-22-14-23-29)40-45(35-10-5,30-24-15-25-30)39-43(37-41,33-8-3)28-20-13-21-28/h26-30H,6-25H2,1-5H3. The van der Waals surface area contributed by atoms with E-state index < -0.39 is 44.0 Å². The summed E-state index contributed by atoms with van der Waals surface area (Å²) < 4.78 is 73.2. The summed E-state index contributed by atoms with van der Waals surface area (Å²) in [5, 5.41) is 0. The van der Waals surface area contributed by atoms with E-state index in [1.165, 1.54) is 0 Å². The predicted molar refractivity (Wildman–Crippen MR) is 180 cm³/mol. The molecule has 0 radical (unpaired) electrons. The zero-order valence-corrected chi connectivity index (χ0v) is 33.6. The molecule has 260 valence electrons. The maximum Gasteiger partial charge on any atom is 0.489 e. The van der Waals surface area contributed by atoms with E-state index in [0.29, 0.717) is 33.0 Å². The van der Waals surface area contributed by atoms with Crippen molar-refractivity contribution in [2.45, 2.75) is 159 Å². The molecule has 6 rings (SSSR count). The molecule has 0 amide bonds. The molecule has 6 fully saturated rings. The van der Waals surface area contributed by atoms with Crippen molar-refractivity contribution in [3.8, 4) is 0 Å². The largest absolute Gasteiger partial charge is 0.489 e. The molecule has 1 heterocycles. The van der Waals surface area contributed by atoms with Crippen molar-refractivity contribution in [2.24, 2.45) is 0 Å². The van der Waals surface area contributed by atoms with Crippen LogP contribution >= 0.6 is 0 Å². The first-order valence-corrected chi connectivity index (χ1v) is 27.6. The zero-order valence-electron chi connectivity index (χ0n) is 28.6. The van der Waals surface area contributed by atoms with E-state index in [4.69, 9.17) is 42.7 Å². The van der Waals surface area contributed by atoms with E-state index >= 15 is 0 Å². The van der Waals surface area contributed by atoms with Gasteiger partial charge in [0.05, 0.1) is 0 Å². The summed E-state index contributed by atoms with van der Waals surface area (Å²) >= 11 is 0. The molecule has 5 aliphatic carbocycles. The van der Waals surface area contributed by atoms with Crippen molar-refractivity contribution in [2.75, 3.05) is 33.0 Å². The van der Waals surface area contributed by atoms with E-state index in [9.17, 15) is 0 Å². The molecule has 5 saturated carbocycles. The Balaban J connectivity index is 1.59. The Labute approximate surface area is 277 Å². The second kappa shape index (κ2) is 14.9. The van der Waals surface area contributed by atoms with Crippen molar-refractivity contribution < 1.29 is 42.7 Å². The second-order valence-electron chi connectivity index (χ2n) is 13.8. The summed E-state index contributed by atoms with van der Waals surface area (Å²) in [6.45, 7) is 12.8. The van der Waals surface area contributed by atoms with Gasteiger partial charge in [-0.25, -0.2) is 0 Å². The van der Waals surface area contributed by atoms with Crippen molar-refractivity contribution in [1.82, 2.24) is 0 Å². The monoisotopic (exact) mass is 720 g/mol. The average molecular weight is 721 g/mol. The number of hydrogen-bond donors (Lipinski definition) is 0. The molecule has 0 unspecified atom stereocenters. The molecule has 15 heteroatoms. The topological polar surface area (TPSA) is 92.3 Å². The Morgan fingerprint density at radius 1 is 0.333 bits per heavy atom. The molecular weight excluding hydrogens is 661 g/mol. The van der Waals surface area contributed by atoms with Gasteiger partial charge in [-0.15, -0.1) is 0 Å². The first-order chi connectivity index (χ1) is 21.9. The highest BCUT2D eigenvalue weighted by Gasteiger charge is 2.76. The summed E-state index contributed by atoms with van der Waals surface area (Å²) in [5.41, 5.74) is 0.850. The predicted octanol–water partition coefficient (Wildman–Crippen LogP) is 7.73. The average Bonchev–Trinajstić information content (AvgIpc) is 2.78. The fraction of sp³-hybridized carbons (Fsp3) is 1.00. The third kappa shape index (κ3) is 6.65. The molecule has 0 N–H and O–H groups in total. The third-order valence-corrected chi connectivity index (χ3v) is 33.9. The minimum Gasteiger partial charge on any atom is -0.374 e. The Bertz CT molecular complexity index is 775. The van der Waals surface area contributed by atoms with Crippen LogP contribution in [0.3, 0.4) is 0 Å². The van der Waals surface area contributed by atoms with Crippen molar-refractivity contribution >= 4 is 44.0 Å². The molecule has 10 nitrogen and oxygen atoms in total. The van der Waals surface area contributed by atoms with Crippen LogP contribution in [0.4, 0.5) is 0 Å². The molecule has 0 aromatic carbocycles. The zero-order chi connectivity index (χ0) is 31.6. The number of hydrogen-bond acceptors (Lipinski definition) is 10. The normalized spacial score (nSPS) is 41.0. The number of rotatable bonds is 15. The minimum atomic E-state index is -3.50. The van der Waals surface area contributed by atoms with Crippen LogP contribution in [-0.2, 0) is 42.7 Å². The fourth-order valence-electron chi connectivity index (χ4n) is 7.63. The molecule has 0 bridgehead atoms. The van der Waals surface area contributed by atoms with Gasteiger partial charge < -0.3 is 42.7 Å². The molecule has 0 atom stereocenters. The van der Waals surface area contributed by atoms with Gasteiger partial charge >= 0.3 is 44.0 Å². The van der Waals surface area contributed by atoms with Crippen LogP contribution in [0.25, 0.3) is 0 Å². The summed E-state index contributed by atoms with van der Waals surface area (Å²) in [7, 11) is -17.5. The lowest BCUT2D eigenvalue weighted by molar-refractivity contribution is -0.00962. The van der Waals surface area contributed by atoms with E-state index in [1.807, 2.05) is 0 Å². The van der Waals surface area contributed by atoms with Crippen LogP contribution in [0.1, 0.15) is 131 Å². The highest BCUT2D eigenvalue weighted by atomic mass is 28.6. The lowest BCUT2D eigenvalue weighted by atomic mass is 10.00. The minimum absolute atomic E-state index is 0.170. The van der Waals surface area contributed by atoms with E-state index in [1.54, 1.807) is 0 Å². The van der Waals surface area contributed by atoms with E-state index in [2.05, 4.69) is 34.6 Å². The molecule has 0 aromatic rings. The van der Waals surface area contributed by atoms with Crippen LogP contribution in [0.5, 0.6) is 0 Å². The quantitative estimate of drug-likeness (QED) is 0.157. The van der Waals surface area contributed by atoms with Crippen LogP contribution < -0.4 is 0 Å². The van der Waals surface area contributed by atoms with Crippen molar-refractivity contribution in [3.05, 3.63) is 0 Å². The maximum absolute atomic E-state index is 7.67. The molecule has 45 heavy (non-hydrogen) atoms. The van der Waals surface area contributed by atoms with Gasteiger partial charge in [0.1, 0.15) is 0 Å². The third-order valence-electron chi connectivity index (χ3n) is 11.2. The second-order valence-corrected chi connectivity index (χ2v) is 29.5. The maximum atomic E-state index is 7.67. The molecule has 1 aliphatic heterocycles. The van der Waals surface area contributed by atoms with Gasteiger partial charge in [0.15, 0.2) is 0 Å². The molecule has 0 aromatic heterocycles. The van der Waals surface area contributed by atoms with Gasteiger partial charge in [-0.1, -0.05) is 32.1 Å². The van der Waals surface area contributed by atoms with Crippen LogP contribution in [-0.4, -0.2) is 77.1 Å². The Kier molecular flexibility index (Phi) is 11.7. The van der Waals surface area contributed by atoms with Gasteiger partial charge in [-0.2, -0.15) is 0 Å². The summed E-state index contributed by atoms with van der Waals surface area (Å²) in [5.74, 6) is 0. The highest BCUT2D eigenvalue weighted by molar-refractivity contribution is 6.91. The smallest absolute Gasteiger partial charge is 0.374 e. The highest BCUT2D eigenvalue weighted by Crippen LogP contribution is 2.58. The molecule has 0 spiro atoms. The van der Waals surface area contributed by atoms with Crippen LogP contribution in [0, 0.1) is 0 Å². The van der Waals surface area contributed by atoms with E-state index in [0.717, 1.165) is 96.3 Å². The lowest BCUT2D eigenvalue weighted by Gasteiger charge is -2.58. The Morgan fingerprint density at radius 3 is 0.578 bits per heavy atom. The summed E-state index contributed by atoms with van der Waals surface area (Å²) in [6, 6.07) is 0. The first-order valence-electron chi connectivity index (χ1n) is 18.6. The van der Waals surface area contributed by atoms with Crippen LogP contribution in [0.2, 0.25) is 27.7 Å². The Morgan fingerprint density at radius 2 is 0.489 bits per heavy atom. The summed E-state index contributed by atoms with van der Waals surface area (Å²) in [4.78, 5) is 0. The fourth-order valence-corrected chi connectivity index (χ4v) is 36.1. The van der Waals surface area contributed by atoms with Gasteiger partial charge in [-0.3, -0.25) is 0 Å².